The Morgan fingerprint density at radius 3 is 2.80 bits per heavy atom. The lowest BCUT2D eigenvalue weighted by Gasteiger charge is -2.10. The zero-order valence-corrected chi connectivity index (χ0v) is 15.1. The number of benzene rings is 1. The third-order valence-corrected chi connectivity index (χ3v) is 4.40. The van der Waals surface area contributed by atoms with E-state index in [4.69, 9.17) is 4.98 Å². The molecule has 0 bridgehead atoms. The van der Waals surface area contributed by atoms with E-state index in [2.05, 4.69) is 26.4 Å². The van der Waals surface area contributed by atoms with Gasteiger partial charge in [-0.3, -0.25) is 4.79 Å². The van der Waals surface area contributed by atoms with E-state index in [1.54, 1.807) is 0 Å². The number of hydrogen-bond donors (Lipinski definition) is 1. The van der Waals surface area contributed by atoms with Gasteiger partial charge in [-0.2, -0.15) is 0 Å². The van der Waals surface area contributed by atoms with Crippen LogP contribution in [0.5, 0.6) is 0 Å². The third kappa shape index (κ3) is 3.73. The number of carbonyl (C=O) groups is 1. The molecule has 2 heterocycles. The van der Waals surface area contributed by atoms with Gasteiger partial charge in [-0.15, -0.1) is 0 Å². The normalized spacial score (nSPS) is 11.2. The molecular formula is C19H25N5O. The quantitative estimate of drug-likeness (QED) is 0.713. The Morgan fingerprint density at radius 2 is 2.12 bits per heavy atom. The number of carbonyl (C=O) groups excluding carboxylic acids is 1. The fraction of sp³-hybridized carbons (Fsp3) is 0.421. The minimum Gasteiger partial charge on any atom is -0.328 e. The first-order valence-corrected chi connectivity index (χ1v) is 8.89. The summed E-state index contributed by atoms with van der Waals surface area (Å²) < 4.78 is 4.38. The van der Waals surface area contributed by atoms with Gasteiger partial charge >= 0.3 is 0 Å². The molecule has 132 valence electrons. The summed E-state index contributed by atoms with van der Waals surface area (Å²) in [5.74, 6) is 2.01. The number of imidazole rings is 2. The molecule has 6 nitrogen and oxygen atoms in total. The summed E-state index contributed by atoms with van der Waals surface area (Å²) in [6, 6.07) is 5.95. The summed E-state index contributed by atoms with van der Waals surface area (Å²) in [5.41, 5.74) is 2.82. The first-order valence-electron chi connectivity index (χ1n) is 8.89. The molecule has 0 fully saturated rings. The average molecular weight is 339 g/mol. The molecule has 0 unspecified atom stereocenters. The van der Waals surface area contributed by atoms with Crippen molar-refractivity contribution in [3.63, 3.8) is 0 Å². The van der Waals surface area contributed by atoms with Crippen molar-refractivity contribution in [2.45, 2.75) is 53.1 Å². The Hall–Kier alpha value is -2.63. The molecule has 0 radical (unpaired) electrons. The van der Waals surface area contributed by atoms with Crippen LogP contribution in [-0.2, 0) is 17.9 Å². The maximum absolute atomic E-state index is 11.6. The van der Waals surface area contributed by atoms with Crippen LogP contribution in [0.25, 0.3) is 11.0 Å². The highest BCUT2D eigenvalue weighted by Crippen LogP contribution is 2.22. The highest BCUT2D eigenvalue weighted by Gasteiger charge is 2.13. The fourth-order valence-electron chi connectivity index (χ4n) is 2.92. The van der Waals surface area contributed by atoms with Crippen molar-refractivity contribution in [1.29, 1.82) is 0 Å². The minimum atomic E-state index is 0.0130. The predicted octanol–water partition coefficient (Wildman–Crippen LogP) is 3.74. The van der Waals surface area contributed by atoms with Crippen molar-refractivity contribution >= 4 is 22.6 Å². The van der Waals surface area contributed by atoms with Crippen LogP contribution in [-0.4, -0.2) is 25.0 Å². The lowest BCUT2D eigenvalue weighted by atomic mass is 10.2. The van der Waals surface area contributed by atoms with Crippen LogP contribution in [0.3, 0.4) is 0 Å². The Labute approximate surface area is 147 Å². The van der Waals surface area contributed by atoms with Gasteiger partial charge in [-0.25, -0.2) is 9.97 Å². The Morgan fingerprint density at radius 1 is 1.28 bits per heavy atom. The van der Waals surface area contributed by atoms with Crippen LogP contribution in [0, 0.1) is 6.92 Å². The number of rotatable bonds is 7. The molecule has 3 aromatic rings. The number of unbranched alkanes of at least 4 members (excludes halogenated alkanes) is 1. The highest BCUT2D eigenvalue weighted by atomic mass is 16.1. The summed E-state index contributed by atoms with van der Waals surface area (Å²) in [6.07, 6.45) is 6.50. The number of anilines is 1. The number of amides is 1. The summed E-state index contributed by atoms with van der Waals surface area (Å²) in [7, 11) is 0. The van der Waals surface area contributed by atoms with Crippen LogP contribution in [0.2, 0.25) is 0 Å². The van der Waals surface area contributed by atoms with Crippen LogP contribution >= 0.6 is 0 Å². The van der Waals surface area contributed by atoms with E-state index in [1.807, 2.05) is 44.4 Å². The van der Waals surface area contributed by atoms with E-state index < -0.39 is 0 Å². The van der Waals surface area contributed by atoms with Crippen LogP contribution in [0.1, 0.15) is 44.8 Å². The standard InChI is InChI=1S/C19H25N5O/c1-4-6-10-24-17-8-7-15(21-19(25)5-2)12-16(17)22-18(24)13-23-11-9-20-14(23)3/h7-9,11-12H,4-6,10,13H2,1-3H3,(H,21,25). The number of aryl methyl sites for hydroxylation is 2. The predicted molar refractivity (Wildman–Crippen MR) is 99.6 cm³/mol. The lowest BCUT2D eigenvalue weighted by molar-refractivity contribution is -0.115. The van der Waals surface area contributed by atoms with Gasteiger partial charge in [-0.05, 0) is 31.5 Å². The summed E-state index contributed by atoms with van der Waals surface area (Å²) in [4.78, 5) is 20.8. The topological polar surface area (TPSA) is 64.7 Å². The van der Waals surface area contributed by atoms with Crippen LogP contribution in [0.4, 0.5) is 5.69 Å². The van der Waals surface area contributed by atoms with E-state index in [-0.39, 0.29) is 5.91 Å². The molecule has 1 aromatic carbocycles. The molecule has 3 rings (SSSR count). The van der Waals surface area contributed by atoms with Crippen LogP contribution < -0.4 is 5.32 Å². The van der Waals surface area contributed by atoms with Gasteiger partial charge in [0, 0.05) is 31.0 Å². The minimum absolute atomic E-state index is 0.0130. The second-order valence-corrected chi connectivity index (χ2v) is 6.24. The smallest absolute Gasteiger partial charge is 0.224 e. The molecule has 6 heteroatoms. The summed E-state index contributed by atoms with van der Waals surface area (Å²) >= 11 is 0. The number of fused-ring (bicyclic) bond motifs is 1. The van der Waals surface area contributed by atoms with Gasteiger partial charge in [0.15, 0.2) is 0 Å². The monoisotopic (exact) mass is 339 g/mol. The van der Waals surface area contributed by atoms with Crippen molar-refractivity contribution < 1.29 is 4.79 Å². The van der Waals surface area contributed by atoms with Crippen molar-refractivity contribution in [2.24, 2.45) is 0 Å². The van der Waals surface area contributed by atoms with Gasteiger partial charge in [0.1, 0.15) is 11.6 Å². The maximum Gasteiger partial charge on any atom is 0.224 e. The number of hydrogen-bond acceptors (Lipinski definition) is 3. The van der Waals surface area contributed by atoms with Gasteiger partial charge < -0.3 is 14.5 Å². The zero-order chi connectivity index (χ0) is 17.8. The molecule has 0 saturated heterocycles. The average Bonchev–Trinajstić information content (AvgIpc) is 3.16. The molecule has 1 amide bonds. The number of nitrogens with one attached hydrogen (secondary N) is 1. The number of aromatic nitrogens is 4. The van der Waals surface area contributed by atoms with E-state index in [1.165, 1.54) is 0 Å². The molecule has 0 saturated carbocycles. The molecule has 1 N–H and O–H groups in total. The molecule has 2 aromatic heterocycles. The molecule has 0 aliphatic rings. The second kappa shape index (κ2) is 7.51. The number of nitrogens with zero attached hydrogens (tertiary/aromatic N) is 4. The Balaban J connectivity index is 1.98. The van der Waals surface area contributed by atoms with E-state index >= 15 is 0 Å². The first kappa shape index (κ1) is 17.2. The van der Waals surface area contributed by atoms with Crippen LogP contribution in [0.15, 0.2) is 30.6 Å². The van der Waals surface area contributed by atoms with Gasteiger partial charge in [0.2, 0.25) is 5.91 Å². The van der Waals surface area contributed by atoms with Crippen molar-refractivity contribution in [2.75, 3.05) is 5.32 Å². The fourth-order valence-corrected chi connectivity index (χ4v) is 2.92. The van der Waals surface area contributed by atoms with Gasteiger partial charge in [0.25, 0.3) is 0 Å². The van der Waals surface area contributed by atoms with Crippen molar-refractivity contribution in [3.8, 4) is 0 Å². The van der Waals surface area contributed by atoms with E-state index in [0.717, 1.165) is 47.8 Å². The van der Waals surface area contributed by atoms with E-state index in [0.29, 0.717) is 13.0 Å². The van der Waals surface area contributed by atoms with Gasteiger partial charge in [0.05, 0.1) is 17.6 Å². The Kier molecular flexibility index (Phi) is 5.16. The third-order valence-electron chi connectivity index (χ3n) is 4.40. The molecule has 0 aliphatic carbocycles. The zero-order valence-electron chi connectivity index (χ0n) is 15.1. The lowest BCUT2D eigenvalue weighted by Crippen LogP contribution is -2.10. The van der Waals surface area contributed by atoms with Gasteiger partial charge in [-0.1, -0.05) is 20.3 Å². The summed E-state index contributed by atoms with van der Waals surface area (Å²) in [5, 5.41) is 2.91. The molecule has 0 aliphatic heterocycles. The SMILES string of the molecule is CCCCn1c(Cn2ccnc2C)nc2cc(NC(=O)CC)ccc21. The van der Waals surface area contributed by atoms with Crippen molar-refractivity contribution in [1.82, 2.24) is 19.1 Å². The molecule has 0 spiro atoms. The van der Waals surface area contributed by atoms with E-state index in [9.17, 15) is 4.79 Å². The highest BCUT2D eigenvalue weighted by molar-refractivity contribution is 5.92. The first-order chi connectivity index (χ1) is 12.1. The molecule has 0 atom stereocenters. The van der Waals surface area contributed by atoms with Crippen molar-refractivity contribution in [3.05, 3.63) is 42.2 Å². The largest absolute Gasteiger partial charge is 0.328 e. The summed E-state index contributed by atoms with van der Waals surface area (Å²) in [6.45, 7) is 7.67. The second-order valence-electron chi connectivity index (χ2n) is 6.24. The maximum atomic E-state index is 11.6. The molecular weight excluding hydrogens is 314 g/mol. The molecule has 25 heavy (non-hydrogen) atoms. The Bertz CT molecular complexity index is 877.